The Hall–Kier alpha value is -7.27. The van der Waals surface area contributed by atoms with E-state index in [1.807, 2.05) is 0 Å². The van der Waals surface area contributed by atoms with Crippen LogP contribution in [-0.4, -0.2) is 97.9 Å². The normalized spacial score (nSPS) is 12.9. The van der Waals surface area contributed by atoms with E-state index >= 15 is 0 Å². The Labute approximate surface area is 402 Å². The number of aromatic carboxylic acids is 1. The molecule has 0 aliphatic carbocycles. The predicted molar refractivity (Wildman–Crippen MR) is 252 cm³/mol. The summed E-state index contributed by atoms with van der Waals surface area (Å²) >= 11 is 0. The van der Waals surface area contributed by atoms with Gasteiger partial charge in [-0.2, -0.15) is 25.3 Å². The van der Waals surface area contributed by atoms with Crippen LogP contribution in [0.2, 0.25) is 0 Å². The third-order valence-corrected chi connectivity index (χ3v) is 14.8. The zero-order valence-electron chi connectivity index (χ0n) is 35.7. The molecule has 0 aliphatic rings. The van der Waals surface area contributed by atoms with Crippen LogP contribution in [-0.2, 0) is 70.3 Å². The molecule has 6 aromatic carbocycles. The van der Waals surface area contributed by atoms with E-state index in [9.17, 15) is 56.5 Å². The molecule has 6 rings (SSSR count). The minimum Gasteiger partial charge on any atom is -0.479 e. The van der Waals surface area contributed by atoms with Gasteiger partial charge in [0.1, 0.15) is 39.8 Å². The van der Waals surface area contributed by atoms with Gasteiger partial charge in [-0.05, 0) is 64.9 Å². The van der Waals surface area contributed by atoms with Crippen molar-refractivity contribution < 1.29 is 78.8 Å². The Morgan fingerprint density at radius 3 is 1.45 bits per heavy atom. The first-order valence-electron chi connectivity index (χ1n) is 19.4. The number of fused-ring (bicyclic) bond motifs is 2. The summed E-state index contributed by atoms with van der Waals surface area (Å²) in [5, 5.41) is 43.4. The number of ether oxygens (including phenoxy) is 1. The summed E-state index contributed by atoms with van der Waals surface area (Å²) in [6.07, 6.45) is 0.589. The average Bonchev–Trinajstić information content (AvgIpc) is 3.28. The lowest BCUT2D eigenvalue weighted by molar-refractivity contribution is 0.0698. The van der Waals surface area contributed by atoms with Crippen molar-refractivity contribution >= 4 is 130 Å². The van der Waals surface area contributed by atoms with E-state index in [-0.39, 0.29) is 54.9 Å². The van der Waals surface area contributed by atoms with Gasteiger partial charge in [-0.15, -0.1) is 30.7 Å². The lowest BCUT2D eigenvalue weighted by Gasteiger charge is -2.14. The second-order valence-corrected chi connectivity index (χ2v) is 22.1. The van der Waals surface area contributed by atoms with Crippen LogP contribution in [0.3, 0.4) is 0 Å². The molecule has 0 fully saturated rings. The lowest BCUT2D eigenvalue weighted by atomic mass is 10.1. The fourth-order valence-electron chi connectivity index (χ4n) is 6.44. The summed E-state index contributed by atoms with van der Waals surface area (Å²) in [5.41, 5.74) is 8.79. The predicted octanol–water partition coefficient (Wildman–Crippen LogP) is 6.66. The molecule has 0 amide bonds. The van der Waals surface area contributed by atoms with Crippen molar-refractivity contribution in [2.75, 3.05) is 36.2 Å². The Kier molecular flexibility index (Phi) is 15.7. The van der Waals surface area contributed by atoms with Crippen molar-refractivity contribution in [2.45, 2.75) is 21.3 Å². The molecule has 0 heterocycles. The van der Waals surface area contributed by atoms with Crippen molar-refractivity contribution in [3.05, 3.63) is 102 Å². The highest BCUT2D eigenvalue weighted by molar-refractivity contribution is 7.91. The Morgan fingerprint density at radius 1 is 0.577 bits per heavy atom. The molecule has 0 saturated carbocycles. The van der Waals surface area contributed by atoms with Crippen molar-refractivity contribution in [3.63, 3.8) is 0 Å². The van der Waals surface area contributed by atoms with E-state index in [4.69, 9.17) is 30.7 Å². The van der Waals surface area contributed by atoms with E-state index in [0.717, 1.165) is 18.2 Å². The van der Waals surface area contributed by atoms with Gasteiger partial charge in [0.05, 0.1) is 57.3 Å². The zero-order chi connectivity index (χ0) is 52.1. The van der Waals surface area contributed by atoms with Gasteiger partial charge in [0.25, 0.3) is 10.1 Å². The third kappa shape index (κ3) is 13.1. The monoisotopic (exact) mass is 1080 g/mol. The minimum absolute atomic E-state index is 0.00745. The maximum absolute atomic E-state index is 13.1. The highest BCUT2D eigenvalue weighted by Crippen LogP contribution is 2.50. The molecule has 6 aromatic rings. The number of anilines is 2. The summed E-state index contributed by atoms with van der Waals surface area (Å²) < 4.78 is 161. The molecule has 0 aliphatic heterocycles. The molecule has 0 atom stereocenters. The molecule has 0 radical (unpaired) electrons. The largest absolute Gasteiger partial charge is 0.479 e. The van der Waals surface area contributed by atoms with Gasteiger partial charge in [-0.1, -0.05) is 42.5 Å². The molecule has 0 saturated heterocycles. The number of rotatable bonds is 21. The number of carbonyl (C=O) groups is 1. The summed E-state index contributed by atoms with van der Waals surface area (Å²) in [4.78, 5) is 11.8. The van der Waals surface area contributed by atoms with Crippen LogP contribution in [0.1, 0.15) is 15.9 Å². The van der Waals surface area contributed by atoms with Crippen LogP contribution in [0.4, 0.5) is 45.5 Å². The van der Waals surface area contributed by atoms with E-state index in [1.54, 1.807) is 0 Å². The second-order valence-electron chi connectivity index (χ2n) is 14.3. The molecule has 9 N–H and O–H groups in total. The van der Waals surface area contributed by atoms with Crippen molar-refractivity contribution in [2.24, 2.45) is 30.7 Å². The summed E-state index contributed by atoms with van der Waals surface area (Å²) in [7, 11) is -23.2. The molecule has 0 spiro atoms. The smallest absolute Gasteiger partial charge is 0.397 e. The number of sulfone groups is 2. The standard InChI is InChI=1S/C39H35N9O18S5/c40-21-64-20-22-7-12-31(32(17-22)69(55,56)57)45-47-37-33(39(49)50)36(46-43-29-5-1-3-23-18-25(8-10-27(23)29)67(51,52)15-13-65-70(58,59)60)34(41)38(35(37)42)48-44-30-6-2-4-24-19-26(9-11-28(24)30)68(53,54)16-14-66-71(61,62)63/h1-12,17-19,21,40H,13-16,20,41-42H2,(H,49,50)(H,55,56,57)(H,58,59,60)(H,61,62,63). The SMILES string of the molecule is N=COCc1ccc(N=Nc2c(N)c(N=Nc3cccc4cc(S(=O)(=O)CCOS(=O)(=O)O)ccc34)c(N)c(N=Nc3cccc4cc(S(=O)(=O)CCOS(=O)(=O)O)ccc34)c2C(=O)O)c(S(=O)(=O)O)c1. The molecular weight excluding hydrogens is 1040 g/mol. The maximum atomic E-state index is 13.1. The second kappa shape index (κ2) is 21.0. The zero-order valence-corrected chi connectivity index (χ0v) is 39.7. The van der Waals surface area contributed by atoms with Crippen LogP contribution in [0.25, 0.3) is 21.5 Å². The van der Waals surface area contributed by atoms with E-state index in [1.165, 1.54) is 72.8 Å². The summed E-state index contributed by atoms with van der Waals surface area (Å²) in [6, 6.07) is 19.6. The van der Waals surface area contributed by atoms with Crippen LogP contribution >= 0.6 is 0 Å². The Morgan fingerprint density at radius 2 is 1.03 bits per heavy atom. The van der Waals surface area contributed by atoms with Crippen molar-refractivity contribution in [1.29, 1.82) is 5.41 Å². The topological polar surface area (TPSA) is 446 Å². The summed E-state index contributed by atoms with van der Waals surface area (Å²) in [5.74, 6) is -3.43. The van der Waals surface area contributed by atoms with Gasteiger partial charge in [0.2, 0.25) is 0 Å². The molecule has 0 bridgehead atoms. The quantitative estimate of drug-likeness (QED) is 0.0130. The molecule has 32 heteroatoms. The van der Waals surface area contributed by atoms with Gasteiger partial charge in [-0.25, -0.2) is 30.0 Å². The molecular formula is C39H35N9O18S5. The first kappa shape index (κ1) is 53.1. The first-order chi connectivity index (χ1) is 33.2. The Bertz CT molecular complexity index is 3820. The maximum Gasteiger partial charge on any atom is 0.397 e. The number of nitrogens with zero attached hydrogens (tertiary/aromatic N) is 6. The number of hydrogen-bond donors (Lipinski definition) is 7. The van der Waals surface area contributed by atoms with Crippen LogP contribution in [0.5, 0.6) is 0 Å². The molecule has 71 heavy (non-hydrogen) atoms. The molecule has 0 unspecified atom stereocenters. The fraction of sp³-hybridized carbons (Fsp3) is 0.128. The van der Waals surface area contributed by atoms with Crippen molar-refractivity contribution in [3.8, 4) is 0 Å². The van der Waals surface area contributed by atoms with Gasteiger partial charge < -0.3 is 21.3 Å². The first-order valence-corrected chi connectivity index (χ1v) is 26.9. The van der Waals surface area contributed by atoms with Gasteiger partial charge in [0, 0.05) is 10.8 Å². The highest BCUT2D eigenvalue weighted by atomic mass is 32.3. The number of nitrogens with one attached hydrogen (secondary N) is 1. The Balaban J connectivity index is 1.50. The van der Waals surface area contributed by atoms with Crippen LogP contribution < -0.4 is 11.5 Å². The van der Waals surface area contributed by atoms with Crippen LogP contribution in [0, 0.1) is 5.41 Å². The number of carboxylic acid groups (broad SMARTS) is 1. The minimum atomic E-state index is -5.04. The molecule has 374 valence electrons. The van der Waals surface area contributed by atoms with Crippen molar-refractivity contribution in [1.82, 2.24) is 0 Å². The molecule has 0 aromatic heterocycles. The van der Waals surface area contributed by atoms with Gasteiger partial charge in [-0.3, -0.25) is 19.1 Å². The number of nitrogens with two attached hydrogens (primary N) is 2. The van der Waals surface area contributed by atoms with E-state index in [0.29, 0.717) is 6.40 Å². The van der Waals surface area contributed by atoms with Gasteiger partial charge in [0.15, 0.2) is 26.1 Å². The van der Waals surface area contributed by atoms with E-state index < -0.39 is 126 Å². The number of benzene rings is 6. The number of carboxylic acids is 1. The summed E-state index contributed by atoms with van der Waals surface area (Å²) in [6.45, 7) is -2.07. The number of nitrogen functional groups attached to an aromatic ring is 2. The average molecular weight is 1080 g/mol. The lowest BCUT2D eigenvalue weighted by Crippen LogP contribution is -2.15. The third-order valence-electron chi connectivity index (χ3n) is 9.66. The van der Waals surface area contributed by atoms with Gasteiger partial charge >= 0.3 is 26.8 Å². The number of hydrogen-bond acceptors (Lipinski definition) is 23. The highest BCUT2D eigenvalue weighted by Gasteiger charge is 2.28. The number of azo groups is 3. The fourth-order valence-corrected chi connectivity index (χ4v) is 10.2. The van der Waals surface area contributed by atoms with E-state index in [2.05, 4.69) is 39.1 Å². The molecule has 27 nitrogen and oxygen atoms in total. The van der Waals surface area contributed by atoms with Crippen LogP contribution in [0.15, 0.2) is 136 Å².